The number of alkyl halides is 3. The molecule has 184 valence electrons. The Hall–Kier alpha value is -3.12. The summed E-state index contributed by atoms with van der Waals surface area (Å²) in [5.41, 5.74) is -0.347. The number of nitrogens with zero attached hydrogens (tertiary/aromatic N) is 4. The zero-order valence-electron chi connectivity index (χ0n) is 18.7. The van der Waals surface area contributed by atoms with Crippen molar-refractivity contribution in [2.45, 2.75) is 58.2 Å². The molecule has 0 unspecified atom stereocenters. The lowest BCUT2D eigenvalue weighted by Gasteiger charge is -2.24. The maximum Gasteiger partial charge on any atom is 0.425 e. The highest BCUT2D eigenvalue weighted by molar-refractivity contribution is 5.94. The number of hydrogen-bond donors (Lipinski definition) is 1. The second kappa shape index (κ2) is 9.63. The van der Waals surface area contributed by atoms with E-state index in [2.05, 4.69) is 10.1 Å². The van der Waals surface area contributed by atoms with E-state index in [-0.39, 0.29) is 41.2 Å². The molecule has 4 rings (SSSR count). The highest BCUT2D eigenvalue weighted by Crippen LogP contribution is 2.38. The van der Waals surface area contributed by atoms with Gasteiger partial charge in [-0.05, 0) is 31.4 Å². The first-order valence-electron chi connectivity index (χ1n) is 10.9. The Morgan fingerprint density at radius 3 is 2.65 bits per heavy atom. The van der Waals surface area contributed by atoms with Gasteiger partial charge in [0.1, 0.15) is 18.5 Å². The molecule has 0 bridgehead atoms. The van der Waals surface area contributed by atoms with Crippen LogP contribution in [0.3, 0.4) is 0 Å². The van der Waals surface area contributed by atoms with Gasteiger partial charge in [0.05, 0.1) is 24.3 Å². The van der Waals surface area contributed by atoms with Crippen LogP contribution in [0.4, 0.5) is 13.2 Å². The summed E-state index contributed by atoms with van der Waals surface area (Å²) in [6, 6.07) is 4.49. The van der Waals surface area contributed by atoms with E-state index in [0.717, 1.165) is 11.6 Å². The van der Waals surface area contributed by atoms with Crippen molar-refractivity contribution in [3.8, 4) is 17.3 Å². The van der Waals surface area contributed by atoms with Crippen molar-refractivity contribution in [2.24, 2.45) is 0 Å². The lowest BCUT2D eigenvalue weighted by Crippen LogP contribution is -2.31. The van der Waals surface area contributed by atoms with Gasteiger partial charge in [0.25, 0.3) is 0 Å². The molecule has 1 aliphatic heterocycles. The van der Waals surface area contributed by atoms with Crippen LogP contribution in [0.2, 0.25) is 0 Å². The number of rotatable bonds is 7. The summed E-state index contributed by atoms with van der Waals surface area (Å²) in [6.07, 6.45) is -4.21. The number of pyridine rings is 1. The van der Waals surface area contributed by atoms with Crippen molar-refractivity contribution >= 4 is 10.8 Å². The number of aliphatic hydroxyl groups excluding tert-OH is 1. The third-order valence-electron chi connectivity index (χ3n) is 5.63. The van der Waals surface area contributed by atoms with Gasteiger partial charge in [0, 0.05) is 31.6 Å². The highest BCUT2D eigenvalue weighted by Gasteiger charge is 2.38. The van der Waals surface area contributed by atoms with Gasteiger partial charge in [-0.15, -0.1) is 5.10 Å². The van der Waals surface area contributed by atoms with Crippen molar-refractivity contribution in [1.29, 1.82) is 0 Å². The summed E-state index contributed by atoms with van der Waals surface area (Å²) in [7, 11) is 0. The van der Waals surface area contributed by atoms with Gasteiger partial charge >= 0.3 is 11.9 Å². The molecular weight excluding hydrogens is 457 g/mol. The van der Waals surface area contributed by atoms with E-state index in [4.69, 9.17) is 14.2 Å². The fourth-order valence-electron chi connectivity index (χ4n) is 3.79. The first kappa shape index (κ1) is 24.0. The highest BCUT2D eigenvalue weighted by atomic mass is 19.4. The Morgan fingerprint density at radius 1 is 1.29 bits per heavy atom. The summed E-state index contributed by atoms with van der Waals surface area (Å²) in [5, 5.41) is 14.4. The Morgan fingerprint density at radius 2 is 2.03 bits per heavy atom. The molecule has 0 spiro atoms. The molecule has 0 radical (unpaired) electrons. The molecule has 1 N–H and O–H groups in total. The molecular formula is C22H25F3N4O5. The van der Waals surface area contributed by atoms with E-state index < -0.39 is 24.6 Å². The predicted octanol–water partition coefficient (Wildman–Crippen LogP) is 2.98. The number of halogens is 3. The van der Waals surface area contributed by atoms with E-state index >= 15 is 0 Å². The minimum absolute atomic E-state index is 0.136. The van der Waals surface area contributed by atoms with E-state index in [1.165, 1.54) is 16.8 Å². The molecule has 1 atom stereocenters. The van der Waals surface area contributed by atoms with Crippen molar-refractivity contribution in [3.05, 3.63) is 40.7 Å². The predicted molar refractivity (Wildman–Crippen MR) is 115 cm³/mol. The van der Waals surface area contributed by atoms with Crippen molar-refractivity contribution in [3.63, 3.8) is 0 Å². The van der Waals surface area contributed by atoms with Crippen LogP contribution in [0.25, 0.3) is 16.5 Å². The number of ether oxygens (including phenoxy) is 3. The Balaban J connectivity index is 1.87. The van der Waals surface area contributed by atoms with Crippen molar-refractivity contribution in [1.82, 2.24) is 19.3 Å². The molecule has 2 aromatic heterocycles. The van der Waals surface area contributed by atoms with Gasteiger partial charge in [0.15, 0.2) is 11.9 Å². The van der Waals surface area contributed by atoms with Gasteiger partial charge in [-0.3, -0.25) is 4.57 Å². The fourth-order valence-corrected chi connectivity index (χ4v) is 3.79. The molecule has 12 heteroatoms. The average Bonchev–Trinajstić information content (AvgIpc) is 3.14. The molecule has 3 heterocycles. The molecule has 34 heavy (non-hydrogen) atoms. The minimum Gasteiger partial charge on any atom is -0.480 e. The van der Waals surface area contributed by atoms with E-state index in [9.17, 15) is 23.1 Å². The second-order valence-corrected chi connectivity index (χ2v) is 7.90. The minimum atomic E-state index is -4.61. The molecule has 0 aliphatic carbocycles. The molecule has 0 amide bonds. The summed E-state index contributed by atoms with van der Waals surface area (Å²) in [4.78, 5) is 17.1. The number of aromatic nitrogens is 4. The molecule has 3 aromatic rings. The third-order valence-corrected chi connectivity index (χ3v) is 5.63. The maximum absolute atomic E-state index is 13.4. The van der Waals surface area contributed by atoms with Crippen LogP contribution in [0.1, 0.15) is 32.5 Å². The zero-order chi connectivity index (χ0) is 24.5. The average molecular weight is 482 g/mol. The normalized spacial score (nSPS) is 16.1. The van der Waals surface area contributed by atoms with E-state index in [1.807, 2.05) is 0 Å². The lowest BCUT2D eigenvalue weighted by molar-refractivity contribution is -0.189. The largest absolute Gasteiger partial charge is 0.480 e. The Labute approximate surface area is 192 Å². The van der Waals surface area contributed by atoms with Gasteiger partial charge in [-0.2, -0.15) is 17.9 Å². The van der Waals surface area contributed by atoms with Crippen molar-refractivity contribution < 1.29 is 32.5 Å². The Kier molecular flexibility index (Phi) is 6.80. The van der Waals surface area contributed by atoms with Gasteiger partial charge in [-0.1, -0.05) is 0 Å². The topological polar surface area (TPSA) is 101 Å². The molecule has 1 aliphatic rings. The monoisotopic (exact) mass is 482 g/mol. The van der Waals surface area contributed by atoms with E-state index in [1.54, 1.807) is 19.1 Å². The fraction of sp³-hybridized carbons (Fsp3) is 0.500. The molecule has 1 saturated heterocycles. The third kappa shape index (κ3) is 4.73. The number of fused-ring (bicyclic) bond motifs is 1. The maximum atomic E-state index is 13.4. The second-order valence-electron chi connectivity index (χ2n) is 7.90. The Bertz CT molecular complexity index is 1220. The first-order valence-corrected chi connectivity index (χ1v) is 10.9. The van der Waals surface area contributed by atoms with Gasteiger partial charge in [-0.25, -0.2) is 9.78 Å². The van der Waals surface area contributed by atoms with Crippen LogP contribution in [0.5, 0.6) is 11.6 Å². The van der Waals surface area contributed by atoms with Crippen LogP contribution in [0, 0.1) is 0 Å². The quantitative estimate of drug-likeness (QED) is 0.553. The smallest absolute Gasteiger partial charge is 0.425 e. The van der Waals surface area contributed by atoms with Gasteiger partial charge in [0.2, 0.25) is 5.88 Å². The van der Waals surface area contributed by atoms with Gasteiger partial charge < -0.3 is 19.3 Å². The van der Waals surface area contributed by atoms with Crippen LogP contribution in [-0.2, 0) is 17.9 Å². The lowest BCUT2D eigenvalue weighted by atomic mass is 10.1. The SMILES string of the molecule is CCn1c(CO)nn(-c2cc(O[C@@H](C)C(F)(F)F)c3c(OC4CCOCC4)nccc3c2)c1=O. The summed E-state index contributed by atoms with van der Waals surface area (Å²) in [6.45, 7) is 3.46. The summed E-state index contributed by atoms with van der Waals surface area (Å²) in [5.74, 6) is 0.135. The summed E-state index contributed by atoms with van der Waals surface area (Å²) >= 11 is 0. The van der Waals surface area contributed by atoms with Crippen LogP contribution in [0.15, 0.2) is 29.2 Å². The number of benzene rings is 1. The molecule has 9 nitrogen and oxygen atoms in total. The zero-order valence-corrected chi connectivity index (χ0v) is 18.7. The van der Waals surface area contributed by atoms with Crippen LogP contribution in [-0.4, -0.2) is 56.0 Å². The molecule has 0 saturated carbocycles. The first-order chi connectivity index (χ1) is 16.2. The number of hydrogen-bond acceptors (Lipinski definition) is 7. The van der Waals surface area contributed by atoms with Crippen LogP contribution < -0.4 is 15.2 Å². The standard InChI is InChI=1S/C22H25F3N4O5/c1-3-28-18(12-30)27-29(21(28)31)15-10-14-4-7-26-20(34-16-5-8-32-9-6-16)19(14)17(11-15)33-13(2)22(23,24)25/h4,7,10-11,13,16,30H,3,5-6,8-9,12H2,1-2H3/t13-/m0/s1. The van der Waals surface area contributed by atoms with Crippen molar-refractivity contribution in [2.75, 3.05) is 13.2 Å². The van der Waals surface area contributed by atoms with Crippen LogP contribution >= 0.6 is 0 Å². The number of aliphatic hydroxyl groups is 1. The van der Waals surface area contributed by atoms with E-state index in [0.29, 0.717) is 31.4 Å². The summed E-state index contributed by atoms with van der Waals surface area (Å²) < 4.78 is 59.1. The molecule has 1 fully saturated rings. The molecule has 1 aromatic carbocycles.